The number of nitrogens with one attached hydrogen (secondary N) is 1. The minimum Gasteiger partial charge on any atom is -0.396 e. The van der Waals surface area contributed by atoms with Crippen LogP contribution in [0.15, 0.2) is 18.2 Å². The Balaban J connectivity index is 2.67. The van der Waals surface area contributed by atoms with E-state index in [0.717, 1.165) is 12.1 Å². The zero-order valence-corrected chi connectivity index (χ0v) is 11.9. The van der Waals surface area contributed by atoms with Crippen LogP contribution in [0.3, 0.4) is 0 Å². The van der Waals surface area contributed by atoms with Gasteiger partial charge in [0.25, 0.3) is 0 Å². The second-order valence-corrected chi connectivity index (χ2v) is 5.93. The van der Waals surface area contributed by atoms with Gasteiger partial charge in [-0.15, -0.1) is 0 Å². The standard InChI is InChI=1S/C13H19Cl2NO/c1-9(16-7-13(2,3)8-17)11-5-4-10(14)6-12(11)15/h4-6,9,16-17H,7-8H2,1-3H3. The van der Waals surface area contributed by atoms with E-state index in [1.807, 2.05) is 32.9 Å². The summed E-state index contributed by atoms with van der Waals surface area (Å²) in [4.78, 5) is 0. The van der Waals surface area contributed by atoms with Gasteiger partial charge in [0, 0.05) is 34.7 Å². The van der Waals surface area contributed by atoms with Gasteiger partial charge in [-0.2, -0.15) is 0 Å². The average molecular weight is 276 g/mol. The molecule has 0 fully saturated rings. The van der Waals surface area contributed by atoms with Crippen molar-refractivity contribution in [1.82, 2.24) is 5.32 Å². The maximum absolute atomic E-state index is 9.18. The first-order chi connectivity index (χ1) is 7.85. The number of rotatable bonds is 5. The van der Waals surface area contributed by atoms with Gasteiger partial charge in [-0.05, 0) is 24.6 Å². The van der Waals surface area contributed by atoms with Crippen LogP contribution < -0.4 is 5.32 Å². The van der Waals surface area contributed by atoms with Gasteiger partial charge in [0.15, 0.2) is 0 Å². The lowest BCUT2D eigenvalue weighted by molar-refractivity contribution is 0.154. The Morgan fingerprint density at radius 2 is 2.00 bits per heavy atom. The third kappa shape index (κ3) is 4.47. The number of aliphatic hydroxyl groups is 1. The van der Waals surface area contributed by atoms with Gasteiger partial charge in [0.05, 0.1) is 0 Å². The van der Waals surface area contributed by atoms with Gasteiger partial charge in [-0.3, -0.25) is 0 Å². The van der Waals surface area contributed by atoms with Gasteiger partial charge in [-0.1, -0.05) is 43.1 Å². The van der Waals surface area contributed by atoms with Crippen molar-refractivity contribution in [1.29, 1.82) is 0 Å². The van der Waals surface area contributed by atoms with E-state index >= 15 is 0 Å². The van der Waals surface area contributed by atoms with Crippen LogP contribution in [0.4, 0.5) is 0 Å². The highest BCUT2D eigenvalue weighted by atomic mass is 35.5. The summed E-state index contributed by atoms with van der Waals surface area (Å²) in [5.41, 5.74) is 0.887. The topological polar surface area (TPSA) is 32.3 Å². The molecule has 0 aliphatic rings. The Hall–Kier alpha value is -0.280. The van der Waals surface area contributed by atoms with Crippen LogP contribution in [0.5, 0.6) is 0 Å². The highest BCUT2D eigenvalue weighted by molar-refractivity contribution is 6.35. The van der Waals surface area contributed by atoms with Crippen molar-refractivity contribution >= 4 is 23.2 Å². The lowest BCUT2D eigenvalue weighted by Gasteiger charge is -2.25. The van der Waals surface area contributed by atoms with Gasteiger partial charge >= 0.3 is 0 Å². The number of hydrogen-bond donors (Lipinski definition) is 2. The van der Waals surface area contributed by atoms with Crippen molar-refractivity contribution < 1.29 is 5.11 Å². The van der Waals surface area contributed by atoms with Gasteiger partial charge < -0.3 is 10.4 Å². The first-order valence-corrected chi connectivity index (χ1v) is 6.40. The zero-order valence-electron chi connectivity index (χ0n) is 10.4. The van der Waals surface area contributed by atoms with Crippen molar-refractivity contribution in [3.63, 3.8) is 0 Å². The zero-order chi connectivity index (χ0) is 13.1. The van der Waals surface area contributed by atoms with E-state index < -0.39 is 0 Å². The molecule has 0 bridgehead atoms. The van der Waals surface area contributed by atoms with Crippen molar-refractivity contribution in [3.05, 3.63) is 33.8 Å². The van der Waals surface area contributed by atoms with E-state index in [2.05, 4.69) is 5.32 Å². The van der Waals surface area contributed by atoms with Crippen LogP contribution in [-0.4, -0.2) is 18.3 Å². The average Bonchev–Trinajstić information content (AvgIpc) is 2.26. The van der Waals surface area contributed by atoms with Gasteiger partial charge in [0.1, 0.15) is 0 Å². The van der Waals surface area contributed by atoms with Crippen molar-refractivity contribution in [2.75, 3.05) is 13.2 Å². The van der Waals surface area contributed by atoms with Crippen LogP contribution >= 0.6 is 23.2 Å². The quantitative estimate of drug-likeness (QED) is 0.860. The van der Waals surface area contributed by atoms with E-state index in [1.54, 1.807) is 6.07 Å². The van der Waals surface area contributed by atoms with E-state index in [1.165, 1.54) is 0 Å². The number of aliphatic hydroxyl groups excluding tert-OH is 1. The number of benzene rings is 1. The van der Waals surface area contributed by atoms with Crippen LogP contribution in [0.1, 0.15) is 32.4 Å². The van der Waals surface area contributed by atoms with E-state index in [0.29, 0.717) is 10.0 Å². The van der Waals surface area contributed by atoms with E-state index in [9.17, 15) is 5.11 Å². The highest BCUT2D eigenvalue weighted by Crippen LogP contribution is 2.26. The SMILES string of the molecule is CC(NCC(C)(C)CO)c1ccc(Cl)cc1Cl. The fourth-order valence-corrected chi connectivity index (χ4v) is 2.02. The molecule has 0 saturated carbocycles. The molecule has 0 saturated heterocycles. The number of halogens is 2. The molecule has 0 heterocycles. The Kier molecular flexibility index (Phi) is 5.26. The molecule has 0 spiro atoms. The van der Waals surface area contributed by atoms with Gasteiger partial charge in [-0.25, -0.2) is 0 Å². The largest absolute Gasteiger partial charge is 0.396 e. The highest BCUT2D eigenvalue weighted by Gasteiger charge is 2.18. The van der Waals surface area contributed by atoms with Crippen LogP contribution in [-0.2, 0) is 0 Å². The molecular weight excluding hydrogens is 257 g/mol. The molecule has 1 aromatic carbocycles. The lowest BCUT2D eigenvalue weighted by Crippen LogP contribution is -2.33. The smallest absolute Gasteiger partial charge is 0.0494 e. The minimum atomic E-state index is -0.132. The summed E-state index contributed by atoms with van der Waals surface area (Å²) in [5.74, 6) is 0. The van der Waals surface area contributed by atoms with Crippen molar-refractivity contribution in [2.45, 2.75) is 26.8 Å². The summed E-state index contributed by atoms with van der Waals surface area (Å²) in [6.07, 6.45) is 0. The molecule has 1 rings (SSSR count). The fraction of sp³-hybridized carbons (Fsp3) is 0.538. The predicted octanol–water partition coefficient (Wildman–Crippen LogP) is 3.66. The predicted molar refractivity (Wildman–Crippen MR) is 73.7 cm³/mol. The number of hydrogen-bond acceptors (Lipinski definition) is 2. The summed E-state index contributed by atoms with van der Waals surface area (Å²) in [7, 11) is 0. The summed E-state index contributed by atoms with van der Waals surface area (Å²) in [6, 6.07) is 5.63. The first kappa shape index (κ1) is 14.8. The Morgan fingerprint density at radius 1 is 1.35 bits per heavy atom. The van der Waals surface area contributed by atoms with Crippen LogP contribution in [0, 0.1) is 5.41 Å². The van der Waals surface area contributed by atoms with Crippen LogP contribution in [0.2, 0.25) is 10.0 Å². The molecule has 2 N–H and O–H groups in total. The molecule has 0 amide bonds. The lowest BCUT2D eigenvalue weighted by atomic mass is 9.94. The summed E-state index contributed by atoms with van der Waals surface area (Å²) in [5, 5.41) is 13.9. The van der Waals surface area contributed by atoms with E-state index in [4.69, 9.17) is 23.2 Å². The first-order valence-electron chi connectivity index (χ1n) is 5.65. The Labute approximate surface area is 113 Å². The minimum absolute atomic E-state index is 0.130. The molecule has 0 aliphatic heterocycles. The molecule has 17 heavy (non-hydrogen) atoms. The molecule has 2 nitrogen and oxygen atoms in total. The summed E-state index contributed by atoms with van der Waals surface area (Å²) >= 11 is 12.0. The second kappa shape index (κ2) is 6.05. The summed E-state index contributed by atoms with van der Waals surface area (Å²) in [6.45, 7) is 6.94. The molecule has 1 atom stereocenters. The molecule has 0 aliphatic carbocycles. The van der Waals surface area contributed by atoms with E-state index in [-0.39, 0.29) is 18.1 Å². The Morgan fingerprint density at radius 3 is 2.53 bits per heavy atom. The molecular formula is C13H19Cl2NO. The van der Waals surface area contributed by atoms with Crippen LogP contribution in [0.25, 0.3) is 0 Å². The monoisotopic (exact) mass is 275 g/mol. The maximum Gasteiger partial charge on any atom is 0.0494 e. The molecule has 96 valence electrons. The summed E-state index contributed by atoms with van der Waals surface area (Å²) < 4.78 is 0. The fourth-order valence-electron chi connectivity index (χ4n) is 1.45. The molecule has 0 radical (unpaired) electrons. The molecule has 4 heteroatoms. The van der Waals surface area contributed by atoms with Crippen molar-refractivity contribution in [2.24, 2.45) is 5.41 Å². The normalized spacial score (nSPS) is 13.8. The third-order valence-electron chi connectivity index (χ3n) is 2.74. The second-order valence-electron chi connectivity index (χ2n) is 5.09. The van der Waals surface area contributed by atoms with Crippen molar-refractivity contribution in [3.8, 4) is 0 Å². The molecule has 1 aromatic rings. The Bertz CT molecular complexity index is 380. The third-order valence-corrected chi connectivity index (χ3v) is 3.31. The molecule has 1 unspecified atom stereocenters. The maximum atomic E-state index is 9.18. The molecule has 0 aromatic heterocycles. The van der Waals surface area contributed by atoms with Gasteiger partial charge in [0.2, 0.25) is 0 Å².